The molecule has 3 N–H and O–H groups in total. The SMILES string of the molecule is CC(C=C1Sc2ccc(Cl)cc2N1Cc1ccccc1S(=O)(=O)O)=c1s/c(=c2/s/c(=C3/SC(=S)N(CCS(=O)(=O)O)C3=O)n(CCS(=O)(=O)O)c2=O)n(C2CCS(=O)(=O)C2)c1=O. The summed E-state index contributed by atoms with van der Waals surface area (Å²) < 4.78 is 128. The molecule has 5 heterocycles. The van der Waals surface area contributed by atoms with Gasteiger partial charge >= 0.3 is 0 Å². The minimum absolute atomic E-state index is 0.0102. The molecule has 7 rings (SSSR count). The number of rotatable bonds is 11. The molecule has 2 saturated heterocycles. The molecular formula is C34H31ClN4O14S9. The normalized spacial score (nSPS) is 20.7. The van der Waals surface area contributed by atoms with E-state index in [-0.39, 0.29) is 56.8 Å². The van der Waals surface area contributed by atoms with Crippen molar-refractivity contribution >= 4 is 137 Å². The summed E-state index contributed by atoms with van der Waals surface area (Å²) in [5.41, 5.74) is -0.375. The van der Waals surface area contributed by atoms with Gasteiger partial charge in [0.25, 0.3) is 47.4 Å². The first-order valence-electron chi connectivity index (χ1n) is 17.7. The molecule has 18 nitrogen and oxygen atoms in total. The zero-order chi connectivity index (χ0) is 45.3. The minimum atomic E-state index is -4.68. The van der Waals surface area contributed by atoms with Crippen molar-refractivity contribution in [3.63, 3.8) is 0 Å². The highest BCUT2D eigenvalue weighted by atomic mass is 35.5. The molecule has 28 heteroatoms. The monoisotopic (exact) mass is 1040 g/mol. The molecule has 332 valence electrons. The van der Waals surface area contributed by atoms with Crippen molar-refractivity contribution in [1.29, 1.82) is 0 Å². The smallest absolute Gasteiger partial charge is 0.294 e. The Morgan fingerprint density at radius 2 is 1.58 bits per heavy atom. The molecule has 2 aromatic heterocycles. The molecule has 0 saturated carbocycles. The lowest BCUT2D eigenvalue weighted by Crippen LogP contribution is -2.35. The number of hydrogen-bond acceptors (Lipinski definition) is 17. The number of aromatic nitrogens is 2. The van der Waals surface area contributed by atoms with Gasteiger partial charge in [0.05, 0.1) is 55.7 Å². The number of sulfone groups is 1. The van der Waals surface area contributed by atoms with E-state index in [1.165, 1.54) is 34.5 Å². The van der Waals surface area contributed by atoms with Crippen molar-refractivity contribution in [2.45, 2.75) is 42.3 Å². The third kappa shape index (κ3) is 9.88. The molecule has 62 heavy (non-hydrogen) atoms. The van der Waals surface area contributed by atoms with Gasteiger partial charge in [-0.25, -0.2) is 8.42 Å². The van der Waals surface area contributed by atoms with Crippen LogP contribution >= 0.6 is 70.0 Å². The fourth-order valence-electron chi connectivity index (χ4n) is 6.81. The van der Waals surface area contributed by atoms with Gasteiger partial charge < -0.3 is 4.90 Å². The largest absolute Gasteiger partial charge is 0.330 e. The van der Waals surface area contributed by atoms with E-state index in [0.717, 1.165) is 25.7 Å². The van der Waals surface area contributed by atoms with Crippen LogP contribution < -0.4 is 25.2 Å². The summed E-state index contributed by atoms with van der Waals surface area (Å²) in [7, 11) is -17.5. The highest BCUT2D eigenvalue weighted by Gasteiger charge is 2.36. The topological polar surface area (TPSA) is 265 Å². The predicted molar refractivity (Wildman–Crippen MR) is 241 cm³/mol. The Morgan fingerprint density at radius 3 is 2.23 bits per heavy atom. The van der Waals surface area contributed by atoms with E-state index in [1.807, 2.05) is 0 Å². The molecule has 1 amide bonds. The van der Waals surface area contributed by atoms with E-state index in [0.29, 0.717) is 44.4 Å². The predicted octanol–water partition coefficient (Wildman–Crippen LogP) is 2.25. The molecule has 0 bridgehead atoms. The van der Waals surface area contributed by atoms with E-state index in [1.54, 1.807) is 42.2 Å². The molecule has 3 aliphatic heterocycles. The molecule has 2 fully saturated rings. The Kier molecular flexibility index (Phi) is 13.1. The summed E-state index contributed by atoms with van der Waals surface area (Å²) >= 11 is 15.1. The first-order valence-corrected chi connectivity index (χ1v) is 28.2. The number of thiocarbonyl (C=S) groups is 1. The molecule has 1 atom stereocenters. The van der Waals surface area contributed by atoms with Gasteiger partial charge in [-0.3, -0.25) is 42.1 Å². The van der Waals surface area contributed by atoms with Crippen molar-refractivity contribution in [1.82, 2.24) is 14.0 Å². The van der Waals surface area contributed by atoms with Crippen LogP contribution in [0.4, 0.5) is 5.69 Å². The number of hydrogen-bond donors (Lipinski definition) is 3. The minimum Gasteiger partial charge on any atom is -0.330 e. The van der Waals surface area contributed by atoms with Crippen molar-refractivity contribution in [3.8, 4) is 0 Å². The van der Waals surface area contributed by atoms with Gasteiger partial charge in [-0.2, -0.15) is 25.3 Å². The van der Waals surface area contributed by atoms with Gasteiger partial charge in [-0.15, -0.1) is 22.7 Å². The second-order valence-corrected chi connectivity index (χ2v) is 25.8. The number of anilines is 1. The summed E-state index contributed by atoms with van der Waals surface area (Å²) in [5, 5.41) is 0.876. The van der Waals surface area contributed by atoms with E-state index < -0.39 is 93.6 Å². The first kappa shape index (κ1) is 46.8. The quantitative estimate of drug-likeness (QED) is 0.144. The average molecular weight is 1040 g/mol. The van der Waals surface area contributed by atoms with Crippen LogP contribution in [0.25, 0.3) is 10.5 Å². The van der Waals surface area contributed by atoms with Crippen LogP contribution in [0.3, 0.4) is 0 Å². The number of allylic oxidation sites excluding steroid dienone is 1. The molecule has 2 aromatic carbocycles. The van der Waals surface area contributed by atoms with E-state index >= 15 is 0 Å². The van der Waals surface area contributed by atoms with Crippen LogP contribution in [-0.2, 0) is 58.1 Å². The lowest BCUT2D eigenvalue weighted by atomic mass is 10.2. The summed E-state index contributed by atoms with van der Waals surface area (Å²) in [4.78, 5) is 45.5. The number of halogens is 1. The Balaban J connectivity index is 1.49. The lowest BCUT2D eigenvalue weighted by molar-refractivity contribution is -0.120. The van der Waals surface area contributed by atoms with Crippen LogP contribution in [0, 0.1) is 9.20 Å². The third-order valence-corrected chi connectivity index (χ3v) is 19.3. The van der Waals surface area contributed by atoms with E-state index in [2.05, 4.69) is 0 Å². The van der Waals surface area contributed by atoms with Gasteiger partial charge in [0.1, 0.15) is 23.1 Å². The number of nitrogens with zero attached hydrogens (tertiary/aromatic N) is 4. The Morgan fingerprint density at radius 1 is 0.903 bits per heavy atom. The number of benzene rings is 2. The number of fused-ring (bicyclic) bond motifs is 1. The fourth-order valence-corrected chi connectivity index (χ4v) is 15.3. The van der Waals surface area contributed by atoms with Crippen LogP contribution in [0.5, 0.6) is 0 Å². The highest BCUT2D eigenvalue weighted by Crippen LogP contribution is 2.48. The van der Waals surface area contributed by atoms with Crippen LogP contribution in [0.2, 0.25) is 5.02 Å². The second kappa shape index (κ2) is 17.3. The Hall–Kier alpha value is -3.19. The summed E-state index contributed by atoms with van der Waals surface area (Å²) in [5.74, 6) is -3.40. The summed E-state index contributed by atoms with van der Waals surface area (Å²) in [6.45, 7) is 0.323. The zero-order valence-electron chi connectivity index (χ0n) is 31.5. The number of amides is 1. The van der Waals surface area contributed by atoms with Crippen LogP contribution in [0.15, 0.2) is 72.9 Å². The summed E-state index contributed by atoms with van der Waals surface area (Å²) in [6.07, 6.45) is 1.66. The zero-order valence-corrected chi connectivity index (χ0v) is 39.6. The van der Waals surface area contributed by atoms with Gasteiger partial charge in [0.2, 0.25) is 0 Å². The van der Waals surface area contributed by atoms with E-state index in [9.17, 15) is 61.7 Å². The van der Waals surface area contributed by atoms with Crippen molar-refractivity contribution in [2.75, 3.05) is 34.5 Å². The maximum atomic E-state index is 14.6. The molecule has 3 aliphatic rings. The number of thiazole rings is 2. The first-order chi connectivity index (χ1) is 28.8. The average Bonchev–Trinajstić information content (AvgIpc) is 3.94. The van der Waals surface area contributed by atoms with Crippen molar-refractivity contribution in [2.24, 2.45) is 0 Å². The maximum Gasteiger partial charge on any atom is 0.294 e. The molecule has 0 radical (unpaired) electrons. The van der Waals surface area contributed by atoms with Gasteiger partial charge in [0.15, 0.2) is 9.84 Å². The van der Waals surface area contributed by atoms with Crippen LogP contribution in [-0.4, -0.2) is 101 Å². The Bertz CT molecular complexity index is 3450. The molecule has 0 spiro atoms. The Labute approximate surface area is 379 Å². The maximum absolute atomic E-state index is 14.6. The summed E-state index contributed by atoms with van der Waals surface area (Å²) in [6, 6.07) is 9.99. The molecule has 1 unspecified atom stereocenters. The fraction of sp³-hybridized carbons (Fsp3) is 0.294. The van der Waals surface area contributed by atoms with Gasteiger partial charge in [-0.1, -0.05) is 65.5 Å². The van der Waals surface area contributed by atoms with Gasteiger partial charge in [-0.05, 0) is 54.8 Å². The second-order valence-electron chi connectivity index (χ2n) is 13.9. The van der Waals surface area contributed by atoms with Gasteiger partial charge in [0, 0.05) is 23.0 Å². The lowest BCUT2D eigenvalue weighted by Gasteiger charge is -2.22. The third-order valence-electron chi connectivity index (χ3n) is 9.64. The van der Waals surface area contributed by atoms with Crippen molar-refractivity contribution < 1.29 is 52.1 Å². The van der Waals surface area contributed by atoms with Crippen molar-refractivity contribution in [3.05, 3.63) is 103 Å². The number of carbonyl (C=O) groups excluding carboxylic acids is 1. The molecular weight excluding hydrogens is 1010 g/mol. The van der Waals surface area contributed by atoms with E-state index in [4.69, 9.17) is 23.8 Å². The standard InChI is InChI=1S/C34H31ClN4O14S9/c1-18(14-25-38(22-15-20(35)6-7-23(22)55-25)16-19-4-2-3-5-24(19)62(51,52)53)26-31(42)39(21-8-11-59(43,44)17-21)33(56-26)28-29(40)36(9-12-60(45,46)47)32(57-28)27-30(41)37(34(54)58-27)10-13-61(48,49)50/h2-7,14-15,21H,8-13,16-17H2,1H3,(H,45,46,47)(H,48,49,50)(H,51,52,53)/b25-14?,26-18?,32-27+,33-28+. The molecule has 4 aromatic rings. The number of thioether (sulfide) groups is 2. The number of carbonyl (C=O) groups is 1. The molecule has 0 aliphatic carbocycles. The van der Waals surface area contributed by atoms with Crippen LogP contribution in [0.1, 0.15) is 24.9 Å². The highest BCUT2D eigenvalue weighted by molar-refractivity contribution is 8.30.